The van der Waals surface area contributed by atoms with Crippen molar-refractivity contribution in [2.75, 3.05) is 6.61 Å². The van der Waals surface area contributed by atoms with E-state index < -0.39 is 6.04 Å². The molecule has 1 N–H and O–H groups in total. The smallest absolute Gasteiger partial charge is 0.328 e. The molecule has 0 aliphatic rings. The molecule has 0 saturated carbocycles. The largest absolute Gasteiger partial charge is 0.489 e. The molecule has 0 fully saturated rings. The summed E-state index contributed by atoms with van der Waals surface area (Å²) in [6.07, 6.45) is 6.32. The second-order valence-corrected chi connectivity index (χ2v) is 8.06. The molecule has 3 aromatic rings. The summed E-state index contributed by atoms with van der Waals surface area (Å²) in [5.74, 6) is 0.517. The van der Waals surface area contributed by atoms with Crippen molar-refractivity contribution in [2.24, 2.45) is 0 Å². The fraction of sp³-hybridized carbons (Fsp3) is 0.194. The van der Waals surface area contributed by atoms with Crippen LogP contribution in [0.1, 0.15) is 30.5 Å². The van der Waals surface area contributed by atoms with Crippen molar-refractivity contribution in [2.45, 2.75) is 32.9 Å². The summed E-state index contributed by atoms with van der Waals surface area (Å²) in [5.41, 5.74) is 4.76. The van der Waals surface area contributed by atoms with Gasteiger partial charge in [0, 0.05) is 12.1 Å². The highest BCUT2D eigenvalue weighted by Crippen LogP contribution is 2.21. The van der Waals surface area contributed by atoms with Gasteiger partial charge in [0.1, 0.15) is 18.4 Å². The lowest BCUT2D eigenvalue weighted by atomic mass is 10.0. The molecule has 4 heteroatoms. The molecule has 180 valence electrons. The van der Waals surface area contributed by atoms with E-state index >= 15 is 0 Å². The van der Waals surface area contributed by atoms with Crippen LogP contribution in [0.3, 0.4) is 0 Å². The average Bonchev–Trinajstić information content (AvgIpc) is 2.89. The molecule has 0 aliphatic carbocycles. The third kappa shape index (κ3) is 8.35. The van der Waals surface area contributed by atoms with Crippen LogP contribution in [0.5, 0.6) is 5.75 Å². The third-order valence-corrected chi connectivity index (χ3v) is 5.34. The van der Waals surface area contributed by atoms with Gasteiger partial charge in [0.2, 0.25) is 0 Å². The minimum absolute atomic E-state index is 0.280. The highest BCUT2D eigenvalue weighted by atomic mass is 16.5. The molecule has 0 heterocycles. The summed E-state index contributed by atoms with van der Waals surface area (Å²) in [6, 6.07) is 27.3. The Hall–Kier alpha value is -4.05. The number of benzene rings is 3. The summed E-state index contributed by atoms with van der Waals surface area (Å²) >= 11 is 0. The molecular weight excluding hydrogens is 434 g/mol. The zero-order valence-corrected chi connectivity index (χ0v) is 20.4. The van der Waals surface area contributed by atoms with E-state index in [4.69, 9.17) is 9.47 Å². The lowest BCUT2D eigenvalue weighted by Gasteiger charge is -2.20. The first-order valence-electron chi connectivity index (χ1n) is 11.9. The number of rotatable bonds is 12. The Morgan fingerprint density at radius 3 is 2.17 bits per heavy atom. The number of nitrogens with one attached hydrogen (secondary N) is 1. The standard InChI is InChI=1S/C31H33NO3/c1-4-12-28(32-30(31(33)34-5-2)22-25-13-8-6-9-14-25)21-24(3)27-17-19-29(20-18-27)35-23-26-15-10-7-11-16-26/h4,6-21,30,32H,3,5,22-23H2,1-2H3/b12-4-,28-21+. The van der Waals surface area contributed by atoms with Crippen molar-refractivity contribution in [1.29, 1.82) is 0 Å². The molecule has 0 amide bonds. The van der Waals surface area contributed by atoms with Crippen molar-refractivity contribution in [3.05, 3.63) is 132 Å². The molecule has 1 atom stereocenters. The topological polar surface area (TPSA) is 47.6 Å². The van der Waals surface area contributed by atoms with E-state index in [0.29, 0.717) is 19.6 Å². The number of allylic oxidation sites excluding steroid dienone is 4. The Morgan fingerprint density at radius 2 is 1.57 bits per heavy atom. The lowest BCUT2D eigenvalue weighted by Crippen LogP contribution is -2.39. The van der Waals surface area contributed by atoms with E-state index in [9.17, 15) is 4.79 Å². The number of hydrogen-bond donors (Lipinski definition) is 1. The summed E-state index contributed by atoms with van der Waals surface area (Å²) in [5, 5.41) is 3.35. The second-order valence-electron chi connectivity index (χ2n) is 8.06. The van der Waals surface area contributed by atoms with Gasteiger partial charge in [-0.1, -0.05) is 85.5 Å². The molecule has 35 heavy (non-hydrogen) atoms. The summed E-state index contributed by atoms with van der Waals surface area (Å²) in [6.45, 7) is 8.84. The van der Waals surface area contributed by atoms with E-state index in [1.54, 1.807) is 0 Å². The van der Waals surface area contributed by atoms with Crippen molar-refractivity contribution in [3.63, 3.8) is 0 Å². The SMILES string of the molecule is C=C(/C=C(\C=C/C)NC(Cc1ccccc1)C(=O)OCC)c1ccc(OCc2ccccc2)cc1. The minimum atomic E-state index is -0.513. The second kappa shape index (κ2) is 13.6. The normalized spacial score (nSPS) is 12.2. The van der Waals surface area contributed by atoms with Gasteiger partial charge in [-0.05, 0) is 60.4 Å². The fourth-order valence-electron chi connectivity index (χ4n) is 3.58. The molecule has 0 bridgehead atoms. The Bertz CT molecular complexity index is 1130. The van der Waals surface area contributed by atoms with E-state index in [2.05, 4.69) is 11.9 Å². The van der Waals surface area contributed by atoms with Crippen molar-refractivity contribution < 1.29 is 14.3 Å². The van der Waals surface area contributed by atoms with Crippen LogP contribution >= 0.6 is 0 Å². The minimum Gasteiger partial charge on any atom is -0.489 e. The fourth-order valence-corrected chi connectivity index (χ4v) is 3.58. The van der Waals surface area contributed by atoms with Gasteiger partial charge >= 0.3 is 5.97 Å². The van der Waals surface area contributed by atoms with E-state index in [1.165, 1.54) is 0 Å². The number of carbonyl (C=O) groups is 1. The first-order chi connectivity index (χ1) is 17.1. The predicted octanol–water partition coefficient (Wildman–Crippen LogP) is 6.50. The van der Waals surface area contributed by atoms with Gasteiger partial charge in [-0.2, -0.15) is 0 Å². The average molecular weight is 468 g/mol. The van der Waals surface area contributed by atoms with Gasteiger partial charge in [-0.3, -0.25) is 0 Å². The monoisotopic (exact) mass is 467 g/mol. The summed E-state index contributed by atoms with van der Waals surface area (Å²) < 4.78 is 11.2. The van der Waals surface area contributed by atoms with Crippen molar-refractivity contribution >= 4 is 11.5 Å². The molecule has 4 nitrogen and oxygen atoms in total. The highest BCUT2D eigenvalue weighted by Gasteiger charge is 2.20. The molecular formula is C31H33NO3. The Labute approximate surface area is 208 Å². The lowest BCUT2D eigenvalue weighted by molar-refractivity contribution is -0.145. The van der Waals surface area contributed by atoms with Gasteiger partial charge in [0.15, 0.2) is 0 Å². The van der Waals surface area contributed by atoms with Crippen LogP contribution in [-0.4, -0.2) is 18.6 Å². The molecule has 3 rings (SSSR count). The predicted molar refractivity (Wildman–Crippen MR) is 143 cm³/mol. The van der Waals surface area contributed by atoms with Crippen LogP contribution in [-0.2, 0) is 22.6 Å². The van der Waals surface area contributed by atoms with Crippen LogP contribution in [0.15, 0.2) is 115 Å². The zero-order valence-electron chi connectivity index (χ0n) is 20.4. The maximum absolute atomic E-state index is 12.7. The van der Waals surface area contributed by atoms with Crippen LogP contribution in [0.4, 0.5) is 0 Å². The summed E-state index contributed by atoms with van der Waals surface area (Å²) in [4.78, 5) is 12.7. The number of ether oxygens (including phenoxy) is 2. The Kier molecular flexibility index (Phi) is 9.94. The highest BCUT2D eigenvalue weighted by molar-refractivity contribution is 5.77. The third-order valence-electron chi connectivity index (χ3n) is 5.34. The molecule has 3 aromatic carbocycles. The number of carbonyl (C=O) groups excluding carboxylic acids is 1. The first-order valence-corrected chi connectivity index (χ1v) is 11.9. The van der Waals surface area contributed by atoms with E-state index in [0.717, 1.165) is 33.7 Å². The van der Waals surface area contributed by atoms with Gasteiger partial charge in [-0.15, -0.1) is 0 Å². The van der Waals surface area contributed by atoms with E-state index in [-0.39, 0.29) is 5.97 Å². The first kappa shape index (κ1) is 25.6. The maximum Gasteiger partial charge on any atom is 0.328 e. The van der Waals surface area contributed by atoms with Gasteiger partial charge < -0.3 is 14.8 Å². The van der Waals surface area contributed by atoms with Crippen LogP contribution in [0.25, 0.3) is 5.57 Å². The molecule has 1 unspecified atom stereocenters. The molecule has 0 radical (unpaired) electrons. The van der Waals surface area contributed by atoms with Gasteiger partial charge in [0.25, 0.3) is 0 Å². The number of hydrogen-bond acceptors (Lipinski definition) is 4. The van der Waals surface area contributed by atoms with Crippen LogP contribution in [0.2, 0.25) is 0 Å². The zero-order chi connectivity index (χ0) is 24.9. The van der Waals surface area contributed by atoms with Crippen molar-refractivity contribution in [1.82, 2.24) is 5.32 Å². The molecule has 0 saturated heterocycles. The molecule has 0 spiro atoms. The van der Waals surface area contributed by atoms with Gasteiger partial charge in [-0.25, -0.2) is 4.79 Å². The molecule has 0 aliphatic heterocycles. The van der Waals surface area contributed by atoms with Gasteiger partial charge in [0.05, 0.1) is 6.61 Å². The van der Waals surface area contributed by atoms with Crippen molar-refractivity contribution in [3.8, 4) is 5.75 Å². The van der Waals surface area contributed by atoms with Crippen LogP contribution < -0.4 is 10.1 Å². The molecule has 0 aromatic heterocycles. The van der Waals surface area contributed by atoms with Crippen LogP contribution in [0, 0.1) is 0 Å². The summed E-state index contributed by atoms with van der Waals surface area (Å²) in [7, 11) is 0. The maximum atomic E-state index is 12.7. The van der Waals surface area contributed by atoms with E-state index in [1.807, 2.05) is 117 Å². The number of esters is 1. The Morgan fingerprint density at radius 1 is 0.943 bits per heavy atom. The quantitative estimate of drug-likeness (QED) is 0.244. The Balaban J connectivity index is 1.70.